The topological polar surface area (TPSA) is 50.8 Å². The first-order valence-electron chi connectivity index (χ1n) is 7.47. The van der Waals surface area contributed by atoms with Gasteiger partial charge in [0.2, 0.25) is 0 Å². The number of aromatic amines is 1. The summed E-state index contributed by atoms with van der Waals surface area (Å²) in [6.07, 6.45) is 9.03. The van der Waals surface area contributed by atoms with Crippen LogP contribution in [0.2, 0.25) is 0 Å². The number of nitrogens with zero attached hydrogens (tertiary/aromatic N) is 2. The monoisotopic (exact) mass is 293 g/mol. The quantitative estimate of drug-likeness (QED) is 0.678. The normalized spacial score (nSPS) is 12.2. The molecule has 0 amide bonds. The van der Waals surface area contributed by atoms with E-state index in [1.54, 1.807) is 12.5 Å². The molecule has 0 aliphatic heterocycles. The van der Waals surface area contributed by atoms with Crippen molar-refractivity contribution in [1.29, 1.82) is 0 Å². The van der Waals surface area contributed by atoms with Crippen LogP contribution in [0.4, 0.5) is 0 Å². The van der Waals surface area contributed by atoms with E-state index in [0.29, 0.717) is 6.61 Å². The molecule has 0 spiro atoms. The van der Waals surface area contributed by atoms with Crippen LogP contribution in [0.1, 0.15) is 29.3 Å². The molecule has 0 aliphatic rings. The standard InChI is InChI=1S/C18H19N3O/c1-2-6-15(7-3-1)18(16-8-4-10-19-12-16)22-11-5-9-17-13-20-14-21-17/h1-4,6-8,10,12-14,18H,5,9,11H2,(H,20,21). The zero-order valence-corrected chi connectivity index (χ0v) is 12.4. The molecule has 0 radical (unpaired) electrons. The van der Waals surface area contributed by atoms with E-state index >= 15 is 0 Å². The summed E-state index contributed by atoms with van der Waals surface area (Å²) < 4.78 is 6.14. The number of aryl methyl sites for hydroxylation is 1. The Balaban J connectivity index is 1.64. The molecule has 1 unspecified atom stereocenters. The third kappa shape index (κ3) is 3.80. The second kappa shape index (κ2) is 7.52. The van der Waals surface area contributed by atoms with Gasteiger partial charge < -0.3 is 9.72 Å². The molecule has 2 aromatic heterocycles. The van der Waals surface area contributed by atoms with Crippen LogP contribution in [-0.2, 0) is 11.2 Å². The van der Waals surface area contributed by atoms with Crippen LogP contribution in [0.15, 0.2) is 67.4 Å². The van der Waals surface area contributed by atoms with E-state index in [1.807, 2.05) is 36.7 Å². The van der Waals surface area contributed by atoms with Crippen molar-refractivity contribution in [2.24, 2.45) is 0 Å². The lowest BCUT2D eigenvalue weighted by Gasteiger charge is -2.18. The molecule has 0 saturated carbocycles. The number of nitrogens with one attached hydrogen (secondary N) is 1. The third-order valence-corrected chi connectivity index (χ3v) is 3.52. The van der Waals surface area contributed by atoms with Crippen molar-refractivity contribution in [3.05, 3.63) is 84.2 Å². The van der Waals surface area contributed by atoms with Crippen molar-refractivity contribution in [3.8, 4) is 0 Å². The number of hydrogen-bond acceptors (Lipinski definition) is 3. The highest BCUT2D eigenvalue weighted by Crippen LogP contribution is 2.25. The van der Waals surface area contributed by atoms with Crippen molar-refractivity contribution >= 4 is 0 Å². The molecule has 4 nitrogen and oxygen atoms in total. The molecule has 112 valence electrons. The lowest BCUT2D eigenvalue weighted by molar-refractivity contribution is 0.0780. The summed E-state index contributed by atoms with van der Waals surface area (Å²) in [4.78, 5) is 11.3. The lowest BCUT2D eigenvalue weighted by atomic mass is 10.0. The summed E-state index contributed by atoms with van der Waals surface area (Å²) in [6.45, 7) is 0.688. The number of hydrogen-bond donors (Lipinski definition) is 1. The zero-order valence-electron chi connectivity index (χ0n) is 12.4. The smallest absolute Gasteiger partial charge is 0.109 e. The van der Waals surface area contributed by atoms with E-state index in [-0.39, 0.29) is 6.10 Å². The maximum absolute atomic E-state index is 6.14. The molecule has 22 heavy (non-hydrogen) atoms. The third-order valence-electron chi connectivity index (χ3n) is 3.52. The van der Waals surface area contributed by atoms with Crippen LogP contribution < -0.4 is 0 Å². The maximum atomic E-state index is 6.14. The number of ether oxygens (including phenoxy) is 1. The SMILES string of the molecule is c1ccc(C(OCCCc2cnc[nH]2)c2cccnc2)cc1. The van der Waals surface area contributed by atoms with E-state index < -0.39 is 0 Å². The maximum Gasteiger partial charge on any atom is 0.109 e. The molecule has 2 heterocycles. The van der Waals surface area contributed by atoms with Crippen LogP contribution in [0, 0.1) is 0 Å². The van der Waals surface area contributed by atoms with Gasteiger partial charge in [0.15, 0.2) is 0 Å². The molecule has 3 aromatic rings. The van der Waals surface area contributed by atoms with Gasteiger partial charge in [0.25, 0.3) is 0 Å². The number of benzene rings is 1. The molecule has 0 bridgehead atoms. The second-order valence-corrected chi connectivity index (χ2v) is 5.13. The summed E-state index contributed by atoms with van der Waals surface area (Å²) in [5.41, 5.74) is 3.37. The fourth-order valence-corrected chi connectivity index (χ4v) is 2.43. The summed E-state index contributed by atoms with van der Waals surface area (Å²) >= 11 is 0. The number of aromatic nitrogens is 3. The molecular weight excluding hydrogens is 274 g/mol. The number of rotatable bonds is 7. The van der Waals surface area contributed by atoms with Crippen molar-refractivity contribution < 1.29 is 4.74 Å². The van der Waals surface area contributed by atoms with E-state index in [9.17, 15) is 0 Å². The Labute approximate surface area is 130 Å². The van der Waals surface area contributed by atoms with Crippen molar-refractivity contribution in [2.75, 3.05) is 6.61 Å². The largest absolute Gasteiger partial charge is 0.369 e. The minimum Gasteiger partial charge on any atom is -0.369 e. The van der Waals surface area contributed by atoms with Gasteiger partial charge in [-0.05, 0) is 24.5 Å². The minimum atomic E-state index is -0.0725. The predicted molar refractivity (Wildman–Crippen MR) is 85.4 cm³/mol. The first kappa shape index (κ1) is 14.5. The lowest BCUT2D eigenvalue weighted by Crippen LogP contribution is -2.08. The molecule has 0 fully saturated rings. The van der Waals surface area contributed by atoms with Crippen LogP contribution in [0.25, 0.3) is 0 Å². The summed E-state index contributed by atoms with van der Waals surface area (Å²) in [6, 6.07) is 14.3. The van der Waals surface area contributed by atoms with Gasteiger partial charge in [-0.15, -0.1) is 0 Å². The van der Waals surface area contributed by atoms with Gasteiger partial charge in [0.05, 0.1) is 6.33 Å². The van der Waals surface area contributed by atoms with E-state index in [2.05, 4.69) is 33.2 Å². The summed E-state index contributed by atoms with van der Waals surface area (Å²) in [5, 5.41) is 0. The number of H-pyrrole nitrogens is 1. The van der Waals surface area contributed by atoms with Crippen molar-refractivity contribution in [3.63, 3.8) is 0 Å². The Hall–Kier alpha value is -2.46. The Bertz CT molecular complexity index is 614. The molecule has 1 N–H and O–H groups in total. The van der Waals surface area contributed by atoms with E-state index in [4.69, 9.17) is 4.74 Å². The van der Waals surface area contributed by atoms with Gasteiger partial charge in [-0.25, -0.2) is 4.98 Å². The first-order valence-corrected chi connectivity index (χ1v) is 7.47. The van der Waals surface area contributed by atoms with Gasteiger partial charge >= 0.3 is 0 Å². The molecule has 4 heteroatoms. The van der Waals surface area contributed by atoms with Crippen LogP contribution in [-0.4, -0.2) is 21.6 Å². The highest BCUT2D eigenvalue weighted by Gasteiger charge is 2.14. The number of imidazole rings is 1. The fraction of sp³-hybridized carbons (Fsp3) is 0.222. The fourth-order valence-electron chi connectivity index (χ4n) is 2.43. The van der Waals surface area contributed by atoms with Gasteiger partial charge in [0, 0.05) is 36.5 Å². The van der Waals surface area contributed by atoms with Crippen molar-refractivity contribution in [2.45, 2.75) is 18.9 Å². The molecule has 0 aliphatic carbocycles. The minimum absolute atomic E-state index is 0.0725. The van der Waals surface area contributed by atoms with Crippen LogP contribution in [0.5, 0.6) is 0 Å². The Morgan fingerprint density at radius 1 is 0.955 bits per heavy atom. The Kier molecular flexibility index (Phi) is 4.95. The summed E-state index contributed by atoms with van der Waals surface area (Å²) in [7, 11) is 0. The van der Waals surface area contributed by atoms with Gasteiger partial charge in [-0.2, -0.15) is 0 Å². The van der Waals surface area contributed by atoms with Crippen LogP contribution in [0.3, 0.4) is 0 Å². The number of pyridine rings is 1. The van der Waals surface area contributed by atoms with Gasteiger partial charge in [-0.1, -0.05) is 36.4 Å². The molecule has 1 aromatic carbocycles. The average molecular weight is 293 g/mol. The van der Waals surface area contributed by atoms with Gasteiger partial charge in [0.1, 0.15) is 6.10 Å². The molecule has 1 atom stereocenters. The molecule has 3 rings (SSSR count). The van der Waals surface area contributed by atoms with E-state index in [0.717, 1.165) is 29.7 Å². The Morgan fingerprint density at radius 2 is 1.82 bits per heavy atom. The molecule has 0 saturated heterocycles. The molecular formula is C18H19N3O. The summed E-state index contributed by atoms with van der Waals surface area (Å²) in [5.74, 6) is 0. The average Bonchev–Trinajstić information content (AvgIpc) is 3.10. The highest BCUT2D eigenvalue weighted by molar-refractivity contribution is 5.28. The van der Waals surface area contributed by atoms with Crippen molar-refractivity contribution in [1.82, 2.24) is 15.0 Å². The first-order chi connectivity index (χ1) is 10.9. The predicted octanol–water partition coefficient (Wildman–Crippen LogP) is 3.54. The van der Waals surface area contributed by atoms with Crippen LogP contribution >= 0.6 is 0 Å². The highest BCUT2D eigenvalue weighted by atomic mass is 16.5. The zero-order chi connectivity index (χ0) is 15.0. The Morgan fingerprint density at radius 3 is 2.55 bits per heavy atom. The van der Waals surface area contributed by atoms with E-state index in [1.165, 1.54) is 0 Å². The second-order valence-electron chi connectivity index (χ2n) is 5.13. The van der Waals surface area contributed by atoms with Gasteiger partial charge in [-0.3, -0.25) is 4.98 Å².